The number of likely N-dealkylation sites (tertiary alicyclic amines) is 1. The van der Waals surface area contributed by atoms with Gasteiger partial charge in [0.2, 0.25) is 0 Å². The van der Waals surface area contributed by atoms with Crippen molar-refractivity contribution in [3.8, 4) is 5.75 Å². The molecule has 116 valence electrons. The normalized spacial score (nSPS) is 18.4. The molecule has 0 saturated carbocycles. The van der Waals surface area contributed by atoms with Gasteiger partial charge in [0.25, 0.3) is 5.69 Å². The smallest absolute Gasteiger partial charge is 0.429 e. The van der Waals surface area contributed by atoms with Crippen LogP contribution in [0, 0.1) is 10.1 Å². The molecule has 0 radical (unpaired) electrons. The van der Waals surface area contributed by atoms with Crippen LogP contribution in [0.3, 0.4) is 0 Å². The SMILES string of the molecule is CN1CCCC(OC(=O)Oc2ccc([N+](=O)[O-])cc2)C1.Cl. The Balaban J connectivity index is 0.00000220. The molecule has 7 nitrogen and oxygen atoms in total. The van der Waals surface area contributed by atoms with Gasteiger partial charge in [-0.05, 0) is 38.6 Å². The standard InChI is InChI=1S/C13H16N2O5.ClH/c1-14-8-2-3-12(9-14)20-13(16)19-11-6-4-10(5-7-11)15(17)18;/h4-7,12H,2-3,8-9H2,1H3;1H. The molecule has 1 aliphatic heterocycles. The van der Waals surface area contributed by atoms with Gasteiger partial charge in [-0.1, -0.05) is 0 Å². The first kappa shape index (κ1) is 17.2. The van der Waals surface area contributed by atoms with Gasteiger partial charge >= 0.3 is 6.16 Å². The molecule has 1 aromatic carbocycles. The van der Waals surface area contributed by atoms with Gasteiger partial charge in [0, 0.05) is 18.7 Å². The number of benzene rings is 1. The predicted molar refractivity (Wildman–Crippen MR) is 78.0 cm³/mol. The maximum atomic E-state index is 11.6. The summed E-state index contributed by atoms with van der Waals surface area (Å²) in [7, 11) is 1.97. The highest BCUT2D eigenvalue weighted by molar-refractivity contribution is 5.85. The number of hydrogen-bond donors (Lipinski definition) is 0. The summed E-state index contributed by atoms with van der Waals surface area (Å²) >= 11 is 0. The number of piperidine rings is 1. The molecule has 0 aliphatic carbocycles. The molecule has 2 rings (SSSR count). The Bertz CT molecular complexity index is 494. The third-order valence-corrected chi connectivity index (χ3v) is 3.09. The molecule has 1 aliphatic rings. The van der Waals surface area contributed by atoms with Gasteiger partial charge < -0.3 is 14.4 Å². The zero-order chi connectivity index (χ0) is 14.5. The van der Waals surface area contributed by atoms with Crippen LogP contribution in [-0.4, -0.2) is 42.2 Å². The summed E-state index contributed by atoms with van der Waals surface area (Å²) in [6.45, 7) is 1.69. The van der Waals surface area contributed by atoms with E-state index in [0.29, 0.717) is 6.54 Å². The third kappa shape index (κ3) is 5.20. The highest BCUT2D eigenvalue weighted by Crippen LogP contribution is 2.18. The Morgan fingerprint density at radius 2 is 2.05 bits per heavy atom. The lowest BCUT2D eigenvalue weighted by Gasteiger charge is -2.28. The van der Waals surface area contributed by atoms with E-state index in [1.807, 2.05) is 7.05 Å². The van der Waals surface area contributed by atoms with Crippen molar-refractivity contribution in [3.05, 3.63) is 34.4 Å². The minimum atomic E-state index is -0.779. The number of likely N-dealkylation sites (N-methyl/N-ethyl adjacent to an activating group) is 1. The van der Waals surface area contributed by atoms with E-state index >= 15 is 0 Å². The molecular weight excluding hydrogens is 300 g/mol. The minimum Gasteiger partial charge on any atom is -0.429 e. The van der Waals surface area contributed by atoms with Crippen LogP contribution in [0.2, 0.25) is 0 Å². The van der Waals surface area contributed by atoms with Gasteiger partial charge in [-0.2, -0.15) is 0 Å². The fraction of sp³-hybridized carbons (Fsp3) is 0.462. The Hall–Kier alpha value is -1.86. The average molecular weight is 317 g/mol. The summed E-state index contributed by atoms with van der Waals surface area (Å²) in [5.41, 5.74) is -0.0559. The van der Waals surface area contributed by atoms with Crippen LogP contribution in [0.15, 0.2) is 24.3 Å². The molecule has 21 heavy (non-hydrogen) atoms. The Kier molecular flexibility index (Phi) is 6.39. The van der Waals surface area contributed by atoms with E-state index in [1.54, 1.807) is 0 Å². The summed E-state index contributed by atoms with van der Waals surface area (Å²) in [4.78, 5) is 23.7. The van der Waals surface area contributed by atoms with Crippen LogP contribution < -0.4 is 4.74 Å². The molecule has 1 heterocycles. The number of rotatable bonds is 3. The van der Waals surface area contributed by atoms with E-state index in [-0.39, 0.29) is 29.9 Å². The predicted octanol–water partition coefficient (Wildman–Crippen LogP) is 2.63. The first-order valence-electron chi connectivity index (χ1n) is 6.36. The van der Waals surface area contributed by atoms with E-state index in [9.17, 15) is 14.9 Å². The monoisotopic (exact) mass is 316 g/mol. The van der Waals surface area contributed by atoms with Crippen LogP contribution >= 0.6 is 12.4 Å². The van der Waals surface area contributed by atoms with Crippen molar-refractivity contribution >= 4 is 24.2 Å². The fourth-order valence-electron chi connectivity index (χ4n) is 2.11. The summed E-state index contributed by atoms with van der Waals surface area (Å²) in [6.07, 6.45) is 0.851. The number of nitrogens with zero attached hydrogens (tertiary/aromatic N) is 2. The molecule has 1 atom stereocenters. The highest BCUT2D eigenvalue weighted by Gasteiger charge is 2.21. The number of ether oxygens (including phenoxy) is 2. The van der Waals surface area contributed by atoms with Gasteiger partial charge in [-0.25, -0.2) is 4.79 Å². The number of non-ortho nitro benzene ring substituents is 1. The van der Waals surface area contributed by atoms with Crippen LogP contribution in [0.5, 0.6) is 5.75 Å². The second-order valence-electron chi connectivity index (χ2n) is 4.75. The van der Waals surface area contributed by atoms with Gasteiger partial charge in [-0.3, -0.25) is 10.1 Å². The molecule has 1 unspecified atom stereocenters. The Morgan fingerprint density at radius 1 is 1.38 bits per heavy atom. The van der Waals surface area contributed by atoms with E-state index in [1.165, 1.54) is 24.3 Å². The summed E-state index contributed by atoms with van der Waals surface area (Å²) < 4.78 is 10.2. The van der Waals surface area contributed by atoms with E-state index in [4.69, 9.17) is 9.47 Å². The molecule has 1 aromatic rings. The number of carbonyl (C=O) groups excluding carboxylic acids is 1. The second kappa shape index (κ2) is 7.80. The lowest BCUT2D eigenvalue weighted by Crippen LogP contribution is -2.38. The van der Waals surface area contributed by atoms with Crippen LogP contribution in [0.4, 0.5) is 10.5 Å². The molecule has 1 fully saturated rings. The zero-order valence-corrected chi connectivity index (χ0v) is 12.4. The fourth-order valence-corrected chi connectivity index (χ4v) is 2.11. The minimum absolute atomic E-state index is 0. The highest BCUT2D eigenvalue weighted by atomic mass is 35.5. The van der Waals surface area contributed by atoms with Crippen molar-refractivity contribution in [2.24, 2.45) is 0 Å². The zero-order valence-electron chi connectivity index (χ0n) is 11.6. The number of hydrogen-bond acceptors (Lipinski definition) is 6. The first-order chi connectivity index (χ1) is 9.54. The lowest BCUT2D eigenvalue weighted by molar-refractivity contribution is -0.384. The van der Waals surface area contributed by atoms with Crippen LogP contribution in [0.25, 0.3) is 0 Å². The van der Waals surface area contributed by atoms with E-state index in [2.05, 4.69) is 4.90 Å². The third-order valence-electron chi connectivity index (χ3n) is 3.09. The molecule has 0 aromatic heterocycles. The second-order valence-corrected chi connectivity index (χ2v) is 4.75. The molecule has 8 heteroatoms. The summed E-state index contributed by atoms with van der Waals surface area (Å²) in [5, 5.41) is 10.5. The maximum Gasteiger partial charge on any atom is 0.514 e. The van der Waals surface area contributed by atoms with Crippen LogP contribution in [-0.2, 0) is 4.74 Å². The van der Waals surface area contributed by atoms with Crippen LogP contribution in [0.1, 0.15) is 12.8 Å². The lowest BCUT2D eigenvalue weighted by atomic mass is 10.1. The average Bonchev–Trinajstić information content (AvgIpc) is 2.39. The van der Waals surface area contributed by atoms with Gasteiger partial charge in [0.05, 0.1) is 4.92 Å². The van der Waals surface area contributed by atoms with Gasteiger partial charge in [0.1, 0.15) is 11.9 Å². The summed E-state index contributed by atoms with van der Waals surface area (Å²) in [6, 6.07) is 5.28. The number of nitro groups is 1. The van der Waals surface area contributed by atoms with Crippen molar-refractivity contribution in [1.82, 2.24) is 4.90 Å². The van der Waals surface area contributed by atoms with Crippen molar-refractivity contribution in [3.63, 3.8) is 0 Å². The van der Waals surface area contributed by atoms with Gasteiger partial charge in [0.15, 0.2) is 0 Å². The van der Waals surface area contributed by atoms with Crippen molar-refractivity contribution in [2.45, 2.75) is 18.9 Å². The topological polar surface area (TPSA) is 81.9 Å². The van der Waals surface area contributed by atoms with Crippen molar-refractivity contribution in [1.29, 1.82) is 0 Å². The number of carbonyl (C=O) groups is 1. The molecule has 0 N–H and O–H groups in total. The summed E-state index contributed by atoms with van der Waals surface area (Å²) in [5.74, 6) is 0.227. The maximum absolute atomic E-state index is 11.6. The Labute approximate surface area is 128 Å². The molecule has 1 saturated heterocycles. The number of halogens is 1. The number of nitro benzene ring substituents is 1. The van der Waals surface area contributed by atoms with Crippen molar-refractivity contribution in [2.75, 3.05) is 20.1 Å². The van der Waals surface area contributed by atoms with Gasteiger partial charge in [-0.15, -0.1) is 12.4 Å². The first-order valence-corrected chi connectivity index (χ1v) is 6.36. The van der Waals surface area contributed by atoms with Crippen molar-refractivity contribution < 1.29 is 19.2 Å². The molecule has 0 amide bonds. The van der Waals surface area contributed by atoms with E-state index < -0.39 is 11.1 Å². The molecule has 0 spiro atoms. The van der Waals surface area contributed by atoms with E-state index in [0.717, 1.165) is 19.4 Å². The molecular formula is C13H17ClN2O5. The quantitative estimate of drug-likeness (QED) is 0.369. The molecule has 0 bridgehead atoms. The largest absolute Gasteiger partial charge is 0.514 e. The Morgan fingerprint density at radius 3 is 2.62 bits per heavy atom.